The van der Waals surface area contributed by atoms with Crippen molar-refractivity contribution in [3.8, 4) is 0 Å². The van der Waals surface area contributed by atoms with E-state index in [1.54, 1.807) is 0 Å². The lowest BCUT2D eigenvalue weighted by Crippen LogP contribution is -2.30. The van der Waals surface area contributed by atoms with Gasteiger partial charge in [-0.3, -0.25) is 0 Å². The van der Waals surface area contributed by atoms with Gasteiger partial charge in [0.25, 0.3) is 0 Å². The maximum Gasteiger partial charge on any atom is 0.162 e. The molecule has 0 radical (unpaired) electrons. The summed E-state index contributed by atoms with van der Waals surface area (Å²) in [5.74, 6) is 2.41. The van der Waals surface area contributed by atoms with Crippen molar-refractivity contribution in [3.05, 3.63) is 16.0 Å². The standard InChI is InChI=1S/C16H24BrN3O/c1-3-18-14-12(17)13(11-7-8-11)19-15(20-14)16(21-4-2)9-5-6-10-16/h11H,3-10H2,1-2H3,(H,18,19,20). The predicted octanol–water partition coefficient (Wildman–Crippen LogP) is 4.35. The Morgan fingerprint density at radius 3 is 2.52 bits per heavy atom. The first-order valence-corrected chi connectivity index (χ1v) is 8.95. The zero-order chi connectivity index (χ0) is 14.9. The summed E-state index contributed by atoms with van der Waals surface area (Å²) in [5, 5.41) is 3.37. The zero-order valence-corrected chi connectivity index (χ0v) is 14.5. The molecule has 1 aromatic heterocycles. The van der Waals surface area contributed by atoms with E-state index < -0.39 is 0 Å². The molecule has 5 heteroatoms. The maximum atomic E-state index is 6.14. The van der Waals surface area contributed by atoms with Gasteiger partial charge in [0, 0.05) is 19.1 Å². The van der Waals surface area contributed by atoms with Crippen LogP contribution in [-0.4, -0.2) is 23.1 Å². The molecule has 0 spiro atoms. The number of hydrogen-bond donors (Lipinski definition) is 1. The van der Waals surface area contributed by atoms with Crippen LogP contribution < -0.4 is 5.32 Å². The summed E-state index contributed by atoms with van der Waals surface area (Å²) in [6.45, 7) is 5.74. The van der Waals surface area contributed by atoms with Crippen LogP contribution in [0.5, 0.6) is 0 Å². The summed E-state index contributed by atoms with van der Waals surface area (Å²) in [6, 6.07) is 0. The molecule has 0 aliphatic heterocycles. The minimum Gasteiger partial charge on any atom is -0.369 e. The van der Waals surface area contributed by atoms with Crippen molar-refractivity contribution in [2.24, 2.45) is 0 Å². The largest absolute Gasteiger partial charge is 0.369 e. The molecule has 0 atom stereocenters. The molecule has 2 fully saturated rings. The Balaban J connectivity index is 2.04. The van der Waals surface area contributed by atoms with E-state index in [1.165, 1.54) is 31.4 Å². The van der Waals surface area contributed by atoms with Gasteiger partial charge >= 0.3 is 0 Å². The second-order valence-corrected chi connectivity index (χ2v) is 6.83. The minimum atomic E-state index is -0.261. The quantitative estimate of drug-likeness (QED) is 0.825. The first-order chi connectivity index (χ1) is 10.2. The highest BCUT2D eigenvalue weighted by Gasteiger charge is 2.41. The van der Waals surface area contributed by atoms with Crippen LogP contribution in [0.1, 0.15) is 69.8 Å². The van der Waals surface area contributed by atoms with Crippen LogP contribution in [0.15, 0.2) is 4.47 Å². The molecule has 116 valence electrons. The predicted molar refractivity (Wildman–Crippen MR) is 87.6 cm³/mol. The smallest absolute Gasteiger partial charge is 0.162 e. The lowest BCUT2D eigenvalue weighted by atomic mass is 10.0. The van der Waals surface area contributed by atoms with Gasteiger partial charge in [0.05, 0.1) is 10.2 Å². The Morgan fingerprint density at radius 1 is 1.24 bits per heavy atom. The molecule has 0 aromatic carbocycles. The van der Waals surface area contributed by atoms with Crippen LogP contribution in [0.25, 0.3) is 0 Å². The van der Waals surface area contributed by atoms with Gasteiger partial charge < -0.3 is 10.1 Å². The molecule has 21 heavy (non-hydrogen) atoms. The van der Waals surface area contributed by atoms with Gasteiger partial charge in [-0.2, -0.15) is 0 Å². The Kier molecular flexibility index (Phi) is 4.50. The van der Waals surface area contributed by atoms with Crippen molar-refractivity contribution >= 4 is 21.7 Å². The summed E-state index contributed by atoms with van der Waals surface area (Å²) in [6.07, 6.45) is 6.96. The number of nitrogens with one attached hydrogen (secondary N) is 1. The Morgan fingerprint density at radius 2 is 1.95 bits per heavy atom. The van der Waals surface area contributed by atoms with Gasteiger partial charge in [0.1, 0.15) is 11.4 Å². The van der Waals surface area contributed by atoms with E-state index in [4.69, 9.17) is 14.7 Å². The third-order valence-electron chi connectivity index (χ3n) is 4.42. The van der Waals surface area contributed by atoms with Crippen molar-refractivity contribution in [1.29, 1.82) is 0 Å². The van der Waals surface area contributed by atoms with Crippen molar-refractivity contribution in [2.75, 3.05) is 18.5 Å². The second-order valence-electron chi connectivity index (χ2n) is 6.03. The summed E-state index contributed by atoms with van der Waals surface area (Å²) in [4.78, 5) is 9.74. The average molecular weight is 354 g/mol. The third-order valence-corrected chi connectivity index (χ3v) is 5.21. The molecule has 1 aromatic rings. The van der Waals surface area contributed by atoms with Crippen LogP contribution >= 0.6 is 15.9 Å². The van der Waals surface area contributed by atoms with Crippen LogP contribution in [0.4, 0.5) is 5.82 Å². The fourth-order valence-electron chi connectivity index (χ4n) is 3.23. The Labute approximate surface area is 135 Å². The monoisotopic (exact) mass is 353 g/mol. The highest BCUT2D eigenvalue weighted by Crippen LogP contribution is 2.46. The number of halogens is 1. The molecule has 2 aliphatic rings. The van der Waals surface area contributed by atoms with Crippen LogP contribution in [-0.2, 0) is 10.3 Å². The number of ether oxygens (including phenoxy) is 1. The lowest BCUT2D eigenvalue weighted by Gasteiger charge is -2.28. The molecule has 0 unspecified atom stereocenters. The normalized spacial score (nSPS) is 20.7. The van der Waals surface area contributed by atoms with E-state index in [0.29, 0.717) is 12.5 Å². The van der Waals surface area contributed by atoms with E-state index in [2.05, 4.69) is 35.1 Å². The summed E-state index contributed by atoms with van der Waals surface area (Å²) in [7, 11) is 0. The van der Waals surface area contributed by atoms with Gasteiger partial charge in [-0.15, -0.1) is 0 Å². The van der Waals surface area contributed by atoms with E-state index in [1.807, 2.05) is 0 Å². The fourth-order valence-corrected chi connectivity index (χ4v) is 3.88. The molecule has 2 aliphatic carbocycles. The van der Waals surface area contributed by atoms with Crippen molar-refractivity contribution in [2.45, 2.75) is 63.9 Å². The minimum absolute atomic E-state index is 0.261. The molecule has 0 saturated heterocycles. The summed E-state index contributed by atoms with van der Waals surface area (Å²) >= 11 is 3.69. The van der Waals surface area contributed by atoms with Crippen molar-refractivity contribution in [3.63, 3.8) is 0 Å². The highest BCUT2D eigenvalue weighted by molar-refractivity contribution is 9.10. The number of rotatable bonds is 6. The molecular weight excluding hydrogens is 330 g/mol. The Hall–Kier alpha value is -0.680. The van der Waals surface area contributed by atoms with Crippen LogP contribution in [0.2, 0.25) is 0 Å². The number of nitrogens with zero attached hydrogens (tertiary/aromatic N) is 2. The van der Waals surface area contributed by atoms with Crippen molar-refractivity contribution < 1.29 is 4.74 Å². The topological polar surface area (TPSA) is 47.0 Å². The number of aromatic nitrogens is 2. The third kappa shape index (κ3) is 2.95. The van der Waals surface area contributed by atoms with Gasteiger partial charge in [0.2, 0.25) is 0 Å². The first-order valence-electron chi connectivity index (χ1n) is 8.16. The highest BCUT2D eigenvalue weighted by atomic mass is 79.9. The lowest BCUT2D eigenvalue weighted by molar-refractivity contribution is -0.0457. The molecule has 1 heterocycles. The molecule has 0 bridgehead atoms. The van der Waals surface area contributed by atoms with Gasteiger partial charge in [0.15, 0.2) is 5.82 Å². The SMILES string of the molecule is CCNc1nc(C2(OCC)CCCC2)nc(C2CC2)c1Br. The molecular formula is C16H24BrN3O. The van der Waals surface area contributed by atoms with Gasteiger partial charge in [-0.1, -0.05) is 0 Å². The summed E-state index contributed by atoms with van der Waals surface area (Å²) in [5.41, 5.74) is 0.908. The first kappa shape index (κ1) is 15.2. The number of hydrogen-bond acceptors (Lipinski definition) is 4. The Bertz CT molecular complexity index is 510. The van der Waals surface area contributed by atoms with Gasteiger partial charge in [-0.05, 0) is 68.3 Å². The van der Waals surface area contributed by atoms with E-state index in [0.717, 1.165) is 35.5 Å². The van der Waals surface area contributed by atoms with Crippen molar-refractivity contribution in [1.82, 2.24) is 9.97 Å². The molecule has 1 N–H and O–H groups in total. The fraction of sp³-hybridized carbons (Fsp3) is 0.750. The molecule has 4 nitrogen and oxygen atoms in total. The van der Waals surface area contributed by atoms with Crippen LogP contribution in [0.3, 0.4) is 0 Å². The van der Waals surface area contributed by atoms with E-state index in [-0.39, 0.29) is 5.60 Å². The van der Waals surface area contributed by atoms with Gasteiger partial charge in [-0.25, -0.2) is 9.97 Å². The molecule has 2 saturated carbocycles. The molecule has 0 amide bonds. The second kappa shape index (κ2) is 6.21. The zero-order valence-electron chi connectivity index (χ0n) is 12.9. The maximum absolute atomic E-state index is 6.14. The molecule has 3 rings (SSSR count). The average Bonchev–Trinajstić information content (AvgIpc) is 3.21. The van der Waals surface area contributed by atoms with E-state index in [9.17, 15) is 0 Å². The van der Waals surface area contributed by atoms with E-state index >= 15 is 0 Å². The summed E-state index contributed by atoms with van der Waals surface area (Å²) < 4.78 is 7.18. The van der Waals surface area contributed by atoms with Crippen LogP contribution in [0, 0.1) is 0 Å². The number of anilines is 1.